The number of aliphatic hydroxyl groups excluding tert-OH is 1. The third kappa shape index (κ3) is 4.20. The summed E-state index contributed by atoms with van der Waals surface area (Å²) in [6.07, 6.45) is 2.79. The lowest BCUT2D eigenvalue weighted by molar-refractivity contribution is -0.145. The molecule has 34 heavy (non-hydrogen) atoms. The fraction of sp³-hybridized carbons (Fsp3) is 0.360. The number of aromatic nitrogens is 3. The third-order valence-electron chi connectivity index (χ3n) is 6.47. The molecule has 2 amide bonds. The molecular formula is C25H25N5O4. The number of nitrogens with zero attached hydrogens (tertiary/aromatic N) is 4. The van der Waals surface area contributed by atoms with Gasteiger partial charge in [0, 0.05) is 55.6 Å². The molecule has 3 heterocycles. The Morgan fingerprint density at radius 2 is 2.00 bits per heavy atom. The van der Waals surface area contributed by atoms with Gasteiger partial charge in [-0.3, -0.25) is 9.59 Å². The van der Waals surface area contributed by atoms with Gasteiger partial charge in [0.2, 0.25) is 0 Å². The van der Waals surface area contributed by atoms with Gasteiger partial charge in [0.25, 0.3) is 0 Å². The van der Waals surface area contributed by atoms with Crippen LogP contribution in [0.4, 0.5) is 0 Å². The first-order valence-electron chi connectivity index (χ1n) is 11.2. The topological polar surface area (TPSA) is 113 Å². The van der Waals surface area contributed by atoms with Gasteiger partial charge in [-0.25, -0.2) is 4.98 Å². The molecule has 9 nitrogen and oxygen atoms in total. The van der Waals surface area contributed by atoms with Crippen LogP contribution in [0.3, 0.4) is 0 Å². The van der Waals surface area contributed by atoms with Crippen LogP contribution in [0.2, 0.25) is 0 Å². The lowest BCUT2D eigenvalue weighted by Crippen LogP contribution is -2.41. The van der Waals surface area contributed by atoms with Crippen LogP contribution in [0.25, 0.3) is 11.3 Å². The van der Waals surface area contributed by atoms with Gasteiger partial charge in [0.15, 0.2) is 5.76 Å². The highest BCUT2D eigenvalue weighted by atomic mass is 16.5. The minimum absolute atomic E-state index is 0.278. The van der Waals surface area contributed by atoms with E-state index in [-0.39, 0.29) is 5.92 Å². The number of hydrogen-bond donors (Lipinski definition) is 2. The van der Waals surface area contributed by atoms with Gasteiger partial charge in [0.1, 0.15) is 17.6 Å². The molecule has 2 fully saturated rings. The summed E-state index contributed by atoms with van der Waals surface area (Å²) in [6.45, 7) is 3.33. The summed E-state index contributed by atoms with van der Waals surface area (Å²) in [7, 11) is 1.47. The molecule has 3 atom stereocenters. The lowest BCUT2D eigenvalue weighted by atomic mass is 10.1. The molecule has 1 saturated heterocycles. The van der Waals surface area contributed by atoms with Crippen molar-refractivity contribution < 1.29 is 19.2 Å². The summed E-state index contributed by atoms with van der Waals surface area (Å²) in [5.74, 6) is 7.77. The summed E-state index contributed by atoms with van der Waals surface area (Å²) in [4.78, 5) is 29.2. The number of rotatable bonds is 4. The Morgan fingerprint density at radius 3 is 2.68 bits per heavy atom. The Bertz CT molecular complexity index is 1270. The normalized spacial score (nSPS) is 21.4. The molecule has 1 aromatic carbocycles. The highest BCUT2D eigenvalue weighted by molar-refractivity contribution is 6.35. The molecule has 0 spiro atoms. The van der Waals surface area contributed by atoms with Crippen molar-refractivity contribution in [1.29, 1.82) is 0 Å². The van der Waals surface area contributed by atoms with Crippen LogP contribution in [0.5, 0.6) is 0 Å². The van der Waals surface area contributed by atoms with E-state index in [0.29, 0.717) is 43.1 Å². The molecule has 3 aromatic rings. The standard InChI is InChI=1S/C25H25N5O4/c1-15(31)23-27-9-10-29(23)12-18-11-22(34-28-18)17-6-3-16(4-7-17)5-8-19-20-13-30(14-21(19)20)25(33)24(32)26-2/h3-4,6-7,9-11,15,19-21,31H,12-14H2,1-2H3,(H,26,32)/t15-,19?,20?,21?/m0/s1. The van der Waals surface area contributed by atoms with Crippen molar-refractivity contribution in [2.24, 2.45) is 17.8 Å². The van der Waals surface area contributed by atoms with Crippen LogP contribution in [0.1, 0.15) is 30.1 Å². The molecule has 9 heteroatoms. The van der Waals surface area contributed by atoms with E-state index < -0.39 is 17.9 Å². The molecule has 174 valence electrons. The van der Waals surface area contributed by atoms with Crippen molar-refractivity contribution in [2.45, 2.75) is 19.6 Å². The number of imidazole rings is 1. The number of carbonyl (C=O) groups excluding carboxylic acids is 2. The SMILES string of the molecule is CNC(=O)C(=O)N1CC2C(C#Cc3ccc(-c4cc(Cn5ccnc5[C@H](C)O)no4)cc3)C2C1. The minimum atomic E-state index is -0.658. The second-order valence-electron chi connectivity index (χ2n) is 8.76. The molecule has 2 aromatic heterocycles. The number of likely N-dealkylation sites (tertiary alicyclic amines) is 1. The van der Waals surface area contributed by atoms with E-state index in [4.69, 9.17) is 4.52 Å². The minimum Gasteiger partial charge on any atom is -0.385 e. The maximum atomic E-state index is 12.0. The van der Waals surface area contributed by atoms with Crippen LogP contribution in [0.15, 0.2) is 47.2 Å². The molecule has 5 rings (SSSR count). The van der Waals surface area contributed by atoms with Crippen molar-refractivity contribution in [3.05, 3.63) is 59.8 Å². The van der Waals surface area contributed by atoms with Crippen LogP contribution < -0.4 is 5.32 Å². The number of nitrogens with one attached hydrogen (secondary N) is 1. The van der Waals surface area contributed by atoms with Crippen molar-refractivity contribution in [1.82, 2.24) is 24.9 Å². The second kappa shape index (κ2) is 8.80. The molecule has 1 aliphatic carbocycles. The van der Waals surface area contributed by atoms with Crippen LogP contribution >= 0.6 is 0 Å². The fourth-order valence-electron chi connectivity index (χ4n) is 4.56. The number of carbonyl (C=O) groups is 2. The number of amides is 2. The number of piperidine rings is 1. The van der Waals surface area contributed by atoms with Crippen molar-refractivity contribution in [3.8, 4) is 23.2 Å². The monoisotopic (exact) mass is 459 g/mol. The smallest absolute Gasteiger partial charge is 0.311 e. The largest absolute Gasteiger partial charge is 0.385 e. The predicted octanol–water partition coefficient (Wildman–Crippen LogP) is 1.44. The summed E-state index contributed by atoms with van der Waals surface area (Å²) >= 11 is 0. The molecule has 1 aliphatic heterocycles. The van der Waals surface area contributed by atoms with Gasteiger partial charge in [-0.2, -0.15) is 0 Å². The predicted molar refractivity (Wildman–Crippen MR) is 122 cm³/mol. The molecular weight excluding hydrogens is 434 g/mol. The lowest BCUT2D eigenvalue weighted by Gasteiger charge is -2.17. The van der Waals surface area contributed by atoms with Gasteiger partial charge < -0.3 is 24.4 Å². The van der Waals surface area contributed by atoms with Gasteiger partial charge in [-0.05, 0) is 43.0 Å². The number of hydrogen-bond acceptors (Lipinski definition) is 6. The highest BCUT2D eigenvalue weighted by Gasteiger charge is 2.56. The molecule has 1 saturated carbocycles. The average Bonchev–Trinajstić information content (AvgIpc) is 3.34. The maximum Gasteiger partial charge on any atom is 0.311 e. The number of likely N-dealkylation sites (N-methyl/N-ethyl adjacent to an activating group) is 1. The quantitative estimate of drug-likeness (QED) is 0.451. The Kier molecular flexibility index (Phi) is 5.67. The van der Waals surface area contributed by atoms with Crippen molar-refractivity contribution in [2.75, 3.05) is 20.1 Å². The van der Waals surface area contributed by atoms with Gasteiger partial charge >= 0.3 is 11.8 Å². The Morgan fingerprint density at radius 1 is 1.26 bits per heavy atom. The van der Waals surface area contributed by atoms with Crippen molar-refractivity contribution in [3.63, 3.8) is 0 Å². The van der Waals surface area contributed by atoms with Gasteiger partial charge in [-0.15, -0.1) is 0 Å². The second-order valence-corrected chi connectivity index (χ2v) is 8.76. The van der Waals surface area contributed by atoms with E-state index in [9.17, 15) is 14.7 Å². The van der Waals surface area contributed by atoms with E-state index >= 15 is 0 Å². The fourth-order valence-corrected chi connectivity index (χ4v) is 4.56. The average molecular weight is 460 g/mol. The van der Waals surface area contributed by atoms with E-state index in [2.05, 4.69) is 27.3 Å². The summed E-state index contributed by atoms with van der Waals surface area (Å²) in [5, 5.41) is 16.3. The zero-order chi connectivity index (χ0) is 23.8. The number of benzene rings is 1. The Hall–Kier alpha value is -3.90. The van der Waals surface area contributed by atoms with Crippen LogP contribution in [-0.2, 0) is 16.1 Å². The van der Waals surface area contributed by atoms with E-state index in [1.54, 1.807) is 24.2 Å². The van der Waals surface area contributed by atoms with E-state index in [0.717, 1.165) is 16.8 Å². The number of fused-ring (bicyclic) bond motifs is 1. The van der Waals surface area contributed by atoms with E-state index in [1.165, 1.54) is 7.05 Å². The molecule has 2 unspecified atom stereocenters. The molecule has 0 radical (unpaired) electrons. The van der Waals surface area contributed by atoms with Crippen molar-refractivity contribution >= 4 is 11.8 Å². The summed E-state index contributed by atoms with van der Waals surface area (Å²) in [6, 6.07) is 9.68. The Balaban J connectivity index is 1.18. The molecule has 2 N–H and O–H groups in total. The zero-order valence-corrected chi connectivity index (χ0v) is 18.9. The Labute approximate surface area is 196 Å². The molecule has 2 aliphatic rings. The number of aliphatic hydroxyl groups is 1. The third-order valence-corrected chi connectivity index (χ3v) is 6.47. The first kappa shape index (κ1) is 21.9. The highest BCUT2D eigenvalue weighted by Crippen LogP contribution is 2.51. The first-order valence-corrected chi connectivity index (χ1v) is 11.2. The van der Waals surface area contributed by atoms with E-state index in [1.807, 2.05) is 34.9 Å². The zero-order valence-electron chi connectivity index (χ0n) is 18.9. The van der Waals surface area contributed by atoms with Crippen LogP contribution in [0, 0.1) is 29.6 Å². The summed E-state index contributed by atoms with van der Waals surface area (Å²) in [5.41, 5.74) is 2.55. The molecule has 0 bridgehead atoms. The summed E-state index contributed by atoms with van der Waals surface area (Å²) < 4.78 is 7.35. The maximum absolute atomic E-state index is 12.0. The van der Waals surface area contributed by atoms with Crippen LogP contribution in [-0.4, -0.2) is 56.7 Å². The van der Waals surface area contributed by atoms with Gasteiger partial charge in [0.05, 0.1) is 6.54 Å². The first-order chi connectivity index (χ1) is 16.4. The van der Waals surface area contributed by atoms with Gasteiger partial charge in [-0.1, -0.05) is 17.0 Å².